The van der Waals surface area contributed by atoms with E-state index in [-0.39, 0.29) is 43.4 Å². The number of imidazole rings is 1. The van der Waals surface area contributed by atoms with Crippen LogP contribution in [0.15, 0.2) is 109 Å². The number of phenols is 1. The number of rotatable bonds is 6. The molecule has 0 saturated carbocycles. The van der Waals surface area contributed by atoms with Crippen LogP contribution in [0.25, 0.3) is 72.4 Å². The van der Waals surface area contributed by atoms with Gasteiger partial charge in [-0.2, -0.15) is 13.2 Å². The van der Waals surface area contributed by atoms with E-state index in [1.165, 1.54) is 17.2 Å². The standard InChI is InChI=1S/C55H53F3N3O.Pt/c1-31(2)36-25-37(41-17-12-15-35-16-14-22-59-49(35)41)27-38(26-36)43-28-39(48-44(53(6,7)8)18-13-19-45(48)54(9,10)11)29-46-50(43)60-52(42-21-20-40(30-47(42)62)55(56,57)58)61(46)51-33(4)23-32(3)24-34(51)5;/h12-26,28-31,62H,1-11H3;/q-1;. The van der Waals surface area contributed by atoms with E-state index >= 15 is 0 Å². The Bertz CT molecular complexity index is 2990. The van der Waals surface area contributed by atoms with Gasteiger partial charge in [-0.05, 0) is 107 Å². The number of fused-ring (bicyclic) bond motifs is 2. The molecule has 326 valence electrons. The van der Waals surface area contributed by atoms with Crippen molar-refractivity contribution in [1.82, 2.24) is 14.5 Å². The van der Waals surface area contributed by atoms with Gasteiger partial charge in [-0.15, -0.1) is 34.9 Å². The largest absolute Gasteiger partial charge is 0.507 e. The van der Waals surface area contributed by atoms with E-state index in [0.29, 0.717) is 11.3 Å². The number of aromatic hydroxyl groups is 1. The molecule has 8 aromatic rings. The average Bonchev–Trinajstić information content (AvgIpc) is 3.56. The van der Waals surface area contributed by atoms with Crippen molar-refractivity contribution in [2.24, 2.45) is 0 Å². The molecule has 0 amide bonds. The summed E-state index contributed by atoms with van der Waals surface area (Å²) in [7, 11) is 0. The predicted molar refractivity (Wildman–Crippen MR) is 249 cm³/mol. The van der Waals surface area contributed by atoms with Gasteiger partial charge in [0.1, 0.15) is 11.6 Å². The van der Waals surface area contributed by atoms with Gasteiger partial charge in [-0.1, -0.05) is 133 Å². The zero-order valence-corrected chi connectivity index (χ0v) is 40.0. The van der Waals surface area contributed by atoms with Crippen molar-refractivity contribution in [3.05, 3.63) is 154 Å². The number of aromatic nitrogens is 3. The fourth-order valence-electron chi connectivity index (χ4n) is 9.01. The molecule has 0 aliphatic rings. The fraction of sp³-hybridized carbons (Fsp3) is 0.273. The first kappa shape index (κ1) is 45.5. The van der Waals surface area contributed by atoms with Gasteiger partial charge in [0, 0.05) is 32.8 Å². The summed E-state index contributed by atoms with van der Waals surface area (Å²) >= 11 is 0. The van der Waals surface area contributed by atoms with Crippen molar-refractivity contribution in [3.8, 4) is 56.2 Å². The molecule has 6 aromatic carbocycles. The van der Waals surface area contributed by atoms with Gasteiger partial charge in [0.05, 0.1) is 27.8 Å². The number of benzene rings is 6. The molecule has 2 aromatic heterocycles. The van der Waals surface area contributed by atoms with Gasteiger partial charge in [-0.3, -0.25) is 9.55 Å². The average molecular weight is 1020 g/mol. The van der Waals surface area contributed by atoms with E-state index in [1.54, 1.807) is 0 Å². The van der Waals surface area contributed by atoms with Crippen molar-refractivity contribution >= 4 is 21.9 Å². The summed E-state index contributed by atoms with van der Waals surface area (Å²) in [5.41, 5.74) is 14.0. The Morgan fingerprint density at radius 1 is 0.667 bits per heavy atom. The molecule has 4 nitrogen and oxygen atoms in total. The third-order valence-corrected chi connectivity index (χ3v) is 11.9. The summed E-state index contributed by atoms with van der Waals surface area (Å²) in [4.78, 5) is 10.2. The van der Waals surface area contributed by atoms with Crippen molar-refractivity contribution in [2.45, 2.75) is 99.1 Å². The smallest absolute Gasteiger partial charge is 0.416 e. The molecule has 8 heteroatoms. The Kier molecular flexibility index (Phi) is 12.0. The maximum atomic E-state index is 14.0. The minimum Gasteiger partial charge on any atom is -0.507 e. The van der Waals surface area contributed by atoms with Gasteiger partial charge >= 0.3 is 6.18 Å². The molecule has 0 atom stereocenters. The van der Waals surface area contributed by atoms with Crippen LogP contribution in [-0.2, 0) is 38.1 Å². The Morgan fingerprint density at radius 2 is 1.27 bits per heavy atom. The van der Waals surface area contributed by atoms with Gasteiger partial charge < -0.3 is 5.11 Å². The number of hydrogen-bond acceptors (Lipinski definition) is 3. The maximum Gasteiger partial charge on any atom is 0.416 e. The van der Waals surface area contributed by atoms with Crippen LogP contribution < -0.4 is 0 Å². The van der Waals surface area contributed by atoms with E-state index in [2.05, 4.69) is 134 Å². The normalized spacial score (nSPS) is 12.4. The molecule has 8 rings (SSSR count). The molecule has 0 bridgehead atoms. The third kappa shape index (κ3) is 8.49. The zero-order chi connectivity index (χ0) is 44.6. The van der Waals surface area contributed by atoms with Gasteiger partial charge in [0.15, 0.2) is 0 Å². The number of pyridine rings is 1. The molecule has 0 saturated heterocycles. The molecule has 0 fully saturated rings. The first-order chi connectivity index (χ1) is 29.1. The summed E-state index contributed by atoms with van der Waals surface area (Å²) in [6, 6.07) is 36.7. The fourth-order valence-corrected chi connectivity index (χ4v) is 9.01. The van der Waals surface area contributed by atoms with Crippen molar-refractivity contribution in [1.29, 1.82) is 0 Å². The number of hydrogen-bond donors (Lipinski definition) is 1. The summed E-state index contributed by atoms with van der Waals surface area (Å²) in [5, 5.41) is 12.6. The molecule has 2 heterocycles. The van der Waals surface area contributed by atoms with Crippen LogP contribution in [-0.4, -0.2) is 19.6 Å². The van der Waals surface area contributed by atoms with Crippen LogP contribution in [0.2, 0.25) is 0 Å². The van der Waals surface area contributed by atoms with Gasteiger partial charge in [-0.25, -0.2) is 4.98 Å². The van der Waals surface area contributed by atoms with E-state index in [4.69, 9.17) is 9.97 Å². The number of alkyl halides is 3. The van der Waals surface area contributed by atoms with Crippen LogP contribution in [0.1, 0.15) is 100 Å². The molecule has 1 N–H and O–H groups in total. The molecule has 0 unspecified atom stereocenters. The summed E-state index contributed by atoms with van der Waals surface area (Å²) in [5.74, 6) is -0.0148. The quantitative estimate of drug-likeness (QED) is 0.169. The van der Waals surface area contributed by atoms with Crippen molar-refractivity contribution < 1.29 is 39.3 Å². The molecule has 0 aliphatic carbocycles. The van der Waals surface area contributed by atoms with Gasteiger partial charge in [0.25, 0.3) is 0 Å². The molecular weight excluding hydrogens is 971 g/mol. The van der Waals surface area contributed by atoms with Crippen LogP contribution in [0.5, 0.6) is 5.75 Å². The molecule has 0 aliphatic heterocycles. The number of halogens is 3. The Hall–Kier alpha value is -5.52. The second kappa shape index (κ2) is 16.6. The second-order valence-corrected chi connectivity index (χ2v) is 19.1. The van der Waals surface area contributed by atoms with E-state index in [9.17, 15) is 18.3 Å². The van der Waals surface area contributed by atoms with E-state index < -0.39 is 17.5 Å². The minimum atomic E-state index is -4.64. The van der Waals surface area contributed by atoms with E-state index in [1.807, 2.05) is 43.7 Å². The minimum absolute atomic E-state index is 0. The molecule has 63 heavy (non-hydrogen) atoms. The zero-order valence-electron chi connectivity index (χ0n) is 37.7. The van der Waals surface area contributed by atoms with Crippen LogP contribution in [0.4, 0.5) is 13.2 Å². The van der Waals surface area contributed by atoms with Crippen molar-refractivity contribution in [2.75, 3.05) is 0 Å². The topological polar surface area (TPSA) is 50.9 Å². The second-order valence-electron chi connectivity index (χ2n) is 19.1. The summed E-state index contributed by atoms with van der Waals surface area (Å²) in [6.07, 6.45) is -2.83. The van der Waals surface area contributed by atoms with Crippen LogP contribution in [0.3, 0.4) is 0 Å². The van der Waals surface area contributed by atoms with E-state index in [0.717, 1.165) is 89.9 Å². The van der Waals surface area contributed by atoms with Crippen LogP contribution in [0, 0.1) is 26.8 Å². The number of nitrogens with zero attached hydrogens (tertiary/aromatic N) is 3. The SMILES string of the molecule is Cc1cc(C)c(-n2c(-c3ccc(C(F)(F)F)cc3O)nc3c(-c4[c-]c(-c5cccc6cccnc56)cc(C(C)C)c4)cc(-c4c(C(C)(C)C)cccc4C(C)(C)C)cc32)c(C)c1.[Pt]. The Labute approximate surface area is 383 Å². The van der Waals surface area contributed by atoms with Crippen molar-refractivity contribution in [3.63, 3.8) is 0 Å². The molecule has 0 spiro atoms. The molecule has 0 radical (unpaired) electrons. The predicted octanol–water partition coefficient (Wildman–Crippen LogP) is 15.4. The first-order valence-electron chi connectivity index (χ1n) is 21.2. The van der Waals surface area contributed by atoms with Gasteiger partial charge in [0.2, 0.25) is 0 Å². The first-order valence-corrected chi connectivity index (χ1v) is 21.2. The maximum absolute atomic E-state index is 14.0. The molecular formula is C55H53F3N3OPt-. The number of aryl methyl sites for hydroxylation is 3. The third-order valence-electron chi connectivity index (χ3n) is 11.9. The Morgan fingerprint density at radius 3 is 1.86 bits per heavy atom. The summed E-state index contributed by atoms with van der Waals surface area (Å²) in [6.45, 7) is 23.9. The van der Waals surface area contributed by atoms with Crippen LogP contribution >= 0.6 is 0 Å². The Balaban J connectivity index is 0.00000595. The number of para-hydroxylation sites is 1. The summed E-state index contributed by atoms with van der Waals surface area (Å²) < 4.78 is 44.1. The monoisotopic (exact) mass is 1020 g/mol. The number of phenolic OH excluding ortho intramolecular Hbond substituents is 1.